The van der Waals surface area contributed by atoms with E-state index in [1.54, 1.807) is 67.6 Å². The third-order valence-corrected chi connectivity index (χ3v) is 4.11. The van der Waals surface area contributed by atoms with Crippen LogP contribution in [0.15, 0.2) is 70.2 Å². The van der Waals surface area contributed by atoms with E-state index in [9.17, 15) is 9.59 Å². The predicted octanol–water partition coefficient (Wildman–Crippen LogP) is 4.54. The number of amides is 1. The van der Waals surface area contributed by atoms with E-state index < -0.39 is 5.91 Å². The second kappa shape index (κ2) is 9.01. The second-order valence-electron chi connectivity index (χ2n) is 5.68. The number of hydrogen-bond donors (Lipinski definition) is 1. The fourth-order valence-electron chi connectivity index (χ4n) is 2.42. The highest BCUT2D eigenvalue weighted by molar-refractivity contribution is 6.33. The van der Waals surface area contributed by atoms with Crippen LogP contribution in [-0.2, 0) is 4.74 Å². The first-order chi connectivity index (χ1) is 13.6. The largest absolute Gasteiger partial charge is 0.462 e. The van der Waals surface area contributed by atoms with Crippen molar-refractivity contribution in [1.82, 2.24) is 5.43 Å². The van der Waals surface area contributed by atoms with Crippen LogP contribution >= 0.6 is 11.6 Å². The molecule has 1 amide bonds. The molecule has 0 unspecified atom stereocenters. The zero-order chi connectivity index (χ0) is 19.9. The van der Waals surface area contributed by atoms with Crippen LogP contribution in [0.3, 0.4) is 0 Å². The van der Waals surface area contributed by atoms with Crippen molar-refractivity contribution in [3.63, 3.8) is 0 Å². The van der Waals surface area contributed by atoms with Gasteiger partial charge >= 0.3 is 5.97 Å². The fraction of sp³-hybridized carbons (Fsp3) is 0.0952. The molecule has 0 aliphatic carbocycles. The molecule has 2 aromatic carbocycles. The van der Waals surface area contributed by atoms with Gasteiger partial charge in [-0.3, -0.25) is 4.79 Å². The summed E-state index contributed by atoms with van der Waals surface area (Å²) in [4.78, 5) is 23.7. The Morgan fingerprint density at radius 3 is 2.57 bits per heavy atom. The van der Waals surface area contributed by atoms with Gasteiger partial charge in [-0.15, -0.1) is 0 Å². The number of carbonyl (C=O) groups excluding carboxylic acids is 2. The number of nitrogens with zero attached hydrogens (tertiary/aromatic N) is 1. The Balaban J connectivity index is 1.64. The zero-order valence-electron chi connectivity index (χ0n) is 15.0. The first-order valence-electron chi connectivity index (χ1n) is 8.54. The summed E-state index contributed by atoms with van der Waals surface area (Å²) in [6.07, 6.45) is 1.39. The molecule has 0 atom stereocenters. The lowest BCUT2D eigenvalue weighted by Gasteiger charge is -2.02. The van der Waals surface area contributed by atoms with E-state index in [4.69, 9.17) is 20.8 Å². The number of furan rings is 1. The van der Waals surface area contributed by atoms with Crippen molar-refractivity contribution < 1.29 is 18.7 Å². The highest BCUT2D eigenvalue weighted by Crippen LogP contribution is 2.22. The van der Waals surface area contributed by atoms with Gasteiger partial charge in [-0.05, 0) is 43.3 Å². The van der Waals surface area contributed by atoms with Crippen molar-refractivity contribution in [2.24, 2.45) is 5.10 Å². The molecule has 1 N–H and O–H groups in total. The normalized spacial score (nSPS) is 10.8. The van der Waals surface area contributed by atoms with E-state index in [-0.39, 0.29) is 5.97 Å². The number of hydrogen-bond acceptors (Lipinski definition) is 5. The molecule has 1 heterocycles. The average molecular weight is 397 g/mol. The van der Waals surface area contributed by atoms with Crippen LogP contribution < -0.4 is 5.43 Å². The number of halogens is 1. The van der Waals surface area contributed by atoms with Crippen molar-refractivity contribution in [3.05, 3.63) is 82.6 Å². The van der Waals surface area contributed by atoms with Gasteiger partial charge in [0.05, 0.1) is 29.0 Å². The van der Waals surface area contributed by atoms with E-state index in [1.807, 2.05) is 0 Å². The Labute approximate surface area is 166 Å². The first-order valence-corrected chi connectivity index (χ1v) is 8.91. The minimum absolute atomic E-state index is 0.328. The van der Waals surface area contributed by atoms with Gasteiger partial charge in [0, 0.05) is 5.56 Å². The van der Waals surface area contributed by atoms with Gasteiger partial charge in [-0.2, -0.15) is 5.10 Å². The summed E-state index contributed by atoms with van der Waals surface area (Å²) in [5.74, 6) is 0.289. The van der Waals surface area contributed by atoms with Crippen molar-refractivity contribution in [2.75, 3.05) is 6.61 Å². The maximum absolute atomic E-state index is 12.0. The second-order valence-corrected chi connectivity index (χ2v) is 6.09. The summed E-state index contributed by atoms with van der Waals surface area (Å²) in [5, 5.41) is 4.23. The summed E-state index contributed by atoms with van der Waals surface area (Å²) >= 11 is 5.97. The van der Waals surface area contributed by atoms with Crippen molar-refractivity contribution >= 4 is 29.7 Å². The number of rotatable bonds is 6. The van der Waals surface area contributed by atoms with Crippen molar-refractivity contribution in [1.29, 1.82) is 0 Å². The summed E-state index contributed by atoms with van der Waals surface area (Å²) in [5.41, 5.74) is 4.01. The van der Waals surface area contributed by atoms with E-state index >= 15 is 0 Å². The topological polar surface area (TPSA) is 80.9 Å². The molecule has 0 fully saturated rings. The molecule has 142 valence electrons. The quantitative estimate of drug-likeness (QED) is 0.377. The summed E-state index contributed by atoms with van der Waals surface area (Å²) in [6.45, 7) is 2.09. The molecule has 0 bridgehead atoms. The smallest absolute Gasteiger partial charge is 0.338 e. The molecule has 0 saturated heterocycles. The molecular formula is C21H17ClN2O4. The number of carbonyl (C=O) groups is 2. The lowest BCUT2D eigenvalue weighted by Crippen LogP contribution is -2.17. The SMILES string of the molecule is CCOC(=O)c1ccc(-c2ccc(/C=N\NC(=O)c3ccccc3Cl)o2)cc1. The van der Waals surface area contributed by atoms with Gasteiger partial charge in [-0.1, -0.05) is 35.9 Å². The van der Waals surface area contributed by atoms with E-state index in [0.717, 1.165) is 5.56 Å². The number of hydrazone groups is 1. The minimum Gasteiger partial charge on any atom is -0.462 e. The lowest BCUT2D eigenvalue weighted by molar-refractivity contribution is 0.0526. The van der Waals surface area contributed by atoms with E-state index in [1.165, 1.54) is 6.21 Å². The van der Waals surface area contributed by atoms with Gasteiger partial charge in [0.1, 0.15) is 11.5 Å². The molecule has 0 aliphatic heterocycles. The fourth-order valence-corrected chi connectivity index (χ4v) is 2.64. The van der Waals surface area contributed by atoms with Gasteiger partial charge in [0.2, 0.25) is 0 Å². The molecule has 7 heteroatoms. The number of esters is 1. The molecule has 6 nitrogen and oxygen atoms in total. The Morgan fingerprint density at radius 2 is 1.86 bits per heavy atom. The standard InChI is InChI=1S/C21H17ClN2O4/c1-2-27-21(26)15-9-7-14(8-10-15)19-12-11-16(28-19)13-23-24-20(25)17-5-3-4-6-18(17)22/h3-13H,2H2,1H3,(H,24,25)/b23-13-. The van der Waals surface area contributed by atoms with E-state index in [2.05, 4.69) is 10.5 Å². The molecule has 3 aromatic rings. The van der Waals surface area contributed by atoms with Crippen molar-refractivity contribution in [3.8, 4) is 11.3 Å². The minimum atomic E-state index is -0.414. The number of nitrogens with one attached hydrogen (secondary N) is 1. The average Bonchev–Trinajstić information content (AvgIpc) is 3.17. The molecule has 3 rings (SSSR count). The van der Waals surface area contributed by atoms with Crippen LogP contribution in [0.1, 0.15) is 33.4 Å². The zero-order valence-corrected chi connectivity index (χ0v) is 15.8. The van der Waals surface area contributed by atoms with Crippen molar-refractivity contribution in [2.45, 2.75) is 6.92 Å². The molecule has 0 radical (unpaired) electrons. The van der Waals surface area contributed by atoms with Crippen LogP contribution in [0.5, 0.6) is 0 Å². The van der Waals surface area contributed by atoms with Gasteiger partial charge in [0.15, 0.2) is 0 Å². The first kappa shape index (κ1) is 19.4. The Kier molecular flexibility index (Phi) is 6.24. The maximum atomic E-state index is 12.0. The van der Waals surface area contributed by atoms with Crippen LogP contribution in [-0.4, -0.2) is 24.7 Å². The molecule has 0 spiro atoms. The Hall–Kier alpha value is -3.38. The van der Waals surface area contributed by atoms with Crippen LogP contribution in [0.2, 0.25) is 5.02 Å². The highest BCUT2D eigenvalue weighted by atomic mass is 35.5. The molecule has 28 heavy (non-hydrogen) atoms. The predicted molar refractivity (Wildman–Crippen MR) is 107 cm³/mol. The molecular weight excluding hydrogens is 380 g/mol. The Bertz CT molecular complexity index is 1010. The highest BCUT2D eigenvalue weighted by Gasteiger charge is 2.09. The number of benzene rings is 2. The van der Waals surface area contributed by atoms with Gasteiger partial charge < -0.3 is 9.15 Å². The Morgan fingerprint density at radius 1 is 1.11 bits per heavy atom. The number of ether oxygens (including phenoxy) is 1. The third-order valence-electron chi connectivity index (χ3n) is 3.78. The molecule has 0 aliphatic rings. The monoisotopic (exact) mass is 396 g/mol. The molecule has 1 aromatic heterocycles. The van der Waals surface area contributed by atoms with E-state index in [0.29, 0.717) is 34.3 Å². The summed E-state index contributed by atoms with van der Waals surface area (Å²) < 4.78 is 10.6. The maximum Gasteiger partial charge on any atom is 0.338 e. The molecule has 0 saturated carbocycles. The lowest BCUT2D eigenvalue weighted by atomic mass is 10.1. The van der Waals surface area contributed by atoms with Gasteiger partial charge in [-0.25, -0.2) is 10.2 Å². The van der Waals surface area contributed by atoms with Crippen LogP contribution in [0, 0.1) is 0 Å². The summed E-state index contributed by atoms with van der Waals surface area (Å²) in [7, 11) is 0. The van der Waals surface area contributed by atoms with Gasteiger partial charge in [0.25, 0.3) is 5.91 Å². The van der Waals surface area contributed by atoms with Crippen LogP contribution in [0.4, 0.5) is 0 Å². The third kappa shape index (κ3) is 4.66. The summed E-state index contributed by atoms with van der Waals surface area (Å²) in [6, 6.07) is 17.1. The van der Waals surface area contributed by atoms with Crippen LogP contribution in [0.25, 0.3) is 11.3 Å².